The summed E-state index contributed by atoms with van der Waals surface area (Å²) < 4.78 is 1.39. The van der Waals surface area contributed by atoms with Gasteiger partial charge < -0.3 is 4.98 Å². The third kappa shape index (κ3) is 2.46. The van der Waals surface area contributed by atoms with Gasteiger partial charge in [0.1, 0.15) is 0 Å². The molecule has 0 spiro atoms. The van der Waals surface area contributed by atoms with Gasteiger partial charge >= 0.3 is 0 Å². The molecule has 0 aliphatic carbocycles. The smallest absolute Gasteiger partial charge is 0.270 e. The number of hydrogen-bond donors (Lipinski definition) is 1. The number of rotatable bonds is 2. The molecule has 0 saturated carbocycles. The predicted molar refractivity (Wildman–Crippen MR) is 90.6 cm³/mol. The molecule has 1 N–H and O–H groups in total. The summed E-state index contributed by atoms with van der Waals surface area (Å²) in [6.07, 6.45) is 3.64. The summed E-state index contributed by atoms with van der Waals surface area (Å²) in [5.41, 5.74) is 1.66. The molecule has 1 saturated heterocycles. The van der Waals surface area contributed by atoms with E-state index < -0.39 is 0 Å². The van der Waals surface area contributed by atoms with Crippen LogP contribution in [-0.4, -0.2) is 15.2 Å². The number of hydrogen-bond acceptors (Lipinski definition) is 3. The molecular weight excluding hydrogens is 356 g/mol. The van der Waals surface area contributed by atoms with Gasteiger partial charge in [0.05, 0.1) is 10.6 Å². The second-order valence-electron chi connectivity index (χ2n) is 4.09. The SMILES string of the molecule is O=C1C(=Cc2ccc[nH]2)SC(=S)N1c1ccccc1Br. The van der Waals surface area contributed by atoms with E-state index in [0.29, 0.717) is 9.23 Å². The Bertz CT molecular complexity index is 710. The van der Waals surface area contributed by atoms with E-state index in [-0.39, 0.29) is 5.91 Å². The number of H-pyrrole nitrogens is 1. The van der Waals surface area contributed by atoms with Crippen molar-refractivity contribution in [3.05, 3.63) is 57.7 Å². The Hall–Kier alpha value is -1.37. The Kier molecular flexibility index (Phi) is 3.78. The molecule has 1 aliphatic heterocycles. The number of aromatic nitrogens is 1. The molecule has 1 aliphatic rings. The molecule has 6 heteroatoms. The van der Waals surface area contributed by atoms with Crippen molar-refractivity contribution in [2.45, 2.75) is 0 Å². The quantitative estimate of drug-likeness (QED) is 0.641. The highest BCUT2D eigenvalue weighted by Crippen LogP contribution is 2.38. The van der Waals surface area contributed by atoms with E-state index in [4.69, 9.17) is 12.2 Å². The van der Waals surface area contributed by atoms with Crippen molar-refractivity contribution in [3.63, 3.8) is 0 Å². The van der Waals surface area contributed by atoms with Crippen LogP contribution in [0.15, 0.2) is 52.0 Å². The highest BCUT2D eigenvalue weighted by molar-refractivity contribution is 9.10. The lowest BCUT2D eigenvalue weighted by Gasteiger charge is -2.15. The summed E-state index contributed by atoms with van der Waals surface area (Å²) in [4.78, 5) is 17.7. The first-order valence-electron chi connectivity index (χ1n) is 5.83. The van der Waals surface area contributed by atoms with Gasteiger partial charge in [-0.05, 0) is 46.3 Å². The summed E-state index contributed by atoms with van der Waals surface area (Å²) in [5, 5.41) is 0. The summed E-state index contributed by atoms with van der Waals surface area (Å²) in [7, 11) is 0. The summed E-state index contributed by atoms with van der Waals surface area (Å²) in [6.45, 7) is 0. The molecule has 0 unspecified atom stereocenters. The maximum Gasteiger partial charge on any atom is 0.270 e. The Morgan fingerprint density at radius 1 is 1.25 bits per heavy atom. The van der Waals surface area contributed by atoms with E-state index in [2.05, 4.69) is 20.9 Å². The molecule has 20 heavy (non-hydrogen) atoms. The molecule has 100 valence electrons. The summed E-state index contributed by atoms with van der Waals surface area (Å²) >= 11 is 10.1. The third-order valence-corrected chi connectivity index (χ3v) is 4.77. The van der Waals surface area contributed by atoms with E-state index in [1.807, 2.05) is 48.7 Å². The lowest BCUT2D eigenvalue weighted by molar-refractivity contribution is -0.113. The van der Waals surface area contributed by atoms with E-state index in [1.165, 1.54) is 11.8 Å². The zero-order valence-electron chi connectivity index (χ0n) is 10.2. The van der Waals surface area contributed by atoms with E-state index in [9.17, 15) is 4.79 Å². The average Bonchev–Trinajstić information content (AvgIpc) is 3.01. The Balaban J connectivity index is 1.98. The average molecular weight is 365 g/mol. The van der Waals surface area contributed by atoms with Crippen LogP contribution in [0.2, 0.25) is 0 Å². The van der Waals surface area contributed by atoms with Gasteiger partial charge in [-0.2, -0.15) is 0 Å². The number of halogens is 1. The highest BCUT2D eigenvalue weighted by Gasteiger charge is 2.34. The number of amides is 1. The maximum absolute atomic E-state index is 12.5. The van der Waals surface area contributed by atoms with Crippen LogP contribution >= 0.6 is 39.9 Å². The van der Waals surface area contributed by atoms with E-state index in [1.54, 1.807) is 4.90 Å². The number of carbonyl (C=O) groups excluding carboxylic acids is 1. The van der Waals surface area contributed by atoms with E-state index >= 15 is 0 Å². The standard InChI is InChI=1S/C14H9BrN2OS2/c15-10-5-1-2-6-11(10)17-13(18)12(20-14(17)19)8-9-4-3-7-16-9/h1-8,16H. The van der Waals surface area contributed by atoms with Crippen LogP contribution in [0.4, 0.5) is 5.69 Å². The monoisotopic (exact) mass is 364 g/mol. The number of benzene rings is 1. The van der Waals surface area contributed by atoms with Gasteiger partial charge in [0, 0.05) is 16.4 Å². The second-order valence-corrected chi connectivity index (χ2v) is 6.62. The first-order chi connectivity index (χ1) is 9.66. The molecule has 0 bridgehead atoms. The van der Waals surface area contributed by atoms with E-state index in [0.717, 1.165) is 15.9 Å². The van der Waals surface area contributed by atoms with Crippen LogP contribution in [0.3, 0.4) is 0 Å². The fraction of sp³-hybridized carbons (Fsp3) is 0. The highest BCUT2D eigenvalue weighted by atomic mass is 79.9. The first kappa shape index (κ1) is 13.6. The number of para-hydroxylation sites is 1. The Labute approximate surface area is 134 Å². The van der Waals surface area contributed by atoms with Crippen molar-refractivity contribution in [2.24, 2.45) is 0 Å². The fourth-order valence-corrected chi connectivity index (χ4v) is 3.62. The molecule has 1 aromatic carbocycles. The largest absolute Gasteiger partial charge is 0.362 e. The number of thioether (sulfide) groups is 1. The molecular formula is C14H9BrN2OS2. The lowest BCUT2D eigenvalue weighted by Crippen LogP contribution is -2.27. The van der Waals surface area contributed by atoms with Gasteiger partial charge in [-0.25, -0.2) is 0 Å². The zero-order chi connectivity index (χ0) is 14.1. The Morgan fingerprint density at radius 2 is 2.05 bits per heavy atom. The number of nitrogens with one attached hydrogen (secondary N) is 1. The van der Waals surface area contributed by atoms with Crippen molar-refractivity contribution in [2.75, 3.05) is 4.90 Å². The minimum atomic E-state index is -0.0958. The van der Waals surface area contributed by atoms with Gasteiger partial charge in [-0.1, -0.05) is 36.1 Å². The van der Waals surface area contributed by atoms with Crippen LogP contribution in [0.25, 0.3) is 6.08 Å². The van der Waals surface area contributed by atoms with Gasteiger partial charge in [-0.3, -0.25) is 9.69 Å². The lowest BCUT2D eigenvalue weighted by atomic mass is 10.3. The Morgan fingerprint density at radius 3 is 2.75 bits per heavy atom. The summed E-state index contributed by atoms with van der Waals surface area (Å²) in [5.74, 6) is -0.0958. The van der Waals surface area contributed by atoms with Crippen molar-refractivity contribution in [1.29, 1.82) is 0 Å². The molecule has 3 rings (SSSR count). The van der Waals surface area contributed by atoms with Crippen LogP contribution in [0.5, 0.6) is 0 Å². The zero-order valence-corrected chi connectivity index (χ0v) is 13.4. The number of anilines is 1. The van der Waals surface area contributed by atoms with Crippen LogP contribution < -0.4 is 4.90 Å². The third-order valence-electron chi connectivity index (χ3n) is 2.80. The van der Waals surface area contributed by atoms with Crippen LogP contribution in [0.1, 0.15) is 5.69 Å². The van der Waals surface area contributed by atoms with Gasteiger partial charge in [0.15, 0.2) is 4.32 Å². The molecule has 2 aromatic rings. The number of carbonyl (C=O) groups is 1. The normalized spacial score (nSPS) is 17.2. The molecule has 1 fully saturated rings. The second kappa shape index (κ2) is 5.55. The number of thiocarbonyl (C=S) groups is 1. The van der Waals surface area contributed by atoms with Gasteiger partial charge in [0.2, 0.25) is 0 Å². The van der Waals surface area contributed by atoms with Crippen molar-refractivity contribution < 1.29 is 4.79 Å². The topological polar surface area (TPSA) is 36.1 Å². The fourth-order valence-electron chi connectivity index (χ4n) is 1.88. The molecule has 1 aromatic heterocycles. The van der Waals surface area contributed by atoms with Gasteiger partial charge in [0.25, 0.3) is 5.91 Å². The van der Waals surface area contributed by atoms with Crippen molar-refractivity contribution in [3.8, 4) is 0 Å². The number of nitrogens with zero attached hydrogens (tertiary/aromatic N) is 1. The molecule has 0 radical (unpaired) electrons. The van der Waals surface area contributed by atoms with Crippen LogP contribution in [-0.2, 0) is 4.79 Å². The molecule has 0 atom stereocenters. The minimum Gasteiger partial charge on any atom is -0.362 e. The van der Waals surface area contributed by atoms with Crippen molar-refractivity contribution >= 4 is 61.9 Å². The summed E-state index contributed by atoms with van der Waals surface area (Å²) in [6, 6.07) is 11.3. The van der Waals surface area contributed by atoms with Gasteiger partial charge in [-0.15, -0.1) is 0 Å². The number of aromatic amines is 1. The van der Waals surface area contributed by atoms with Crippen molar-refractivity contribution in [1.82, 2.24) is 4.98 Å². The maximum atomic E-state index is 12.5. The molecule has 1 amide bonds. The minimum absolute atomic E-state index is 0.0958. The molecule has 3 nitrogen and oxygen atoms in total. The molecule has 2 heterocycles. The first-order valence-corrected chi connectivity index (χ1v) is 7.84. The predicted octanol–water partition coefficient (Wildman–Crippen LogP) is 4.18. The van der Waals surface area contributed by atoms with Crippen LogP contribution in [0, 0.1) is 0 Å².